The van der Waals surface area contributed by atoms with Crippen molar-refractivity contribution in [1.29, 1.82) is 0 Å². The Morgan fingerprint density at radius 1 is 1.40 bits per heavy atom. The molecule has 15 heavy (non-hydrogen) atoms. The third kappa shape index (κ3) is 6.03. The molecule has 1 aliphatic heterocycles. The quantitative estimate of drug-likeness (QED) is 0.429. The number of unbranched alkanes of at least 4 members (excludes halogenated alkanes) is 1. The first-order valence-electron chi connectivity index (χ1n) is 5.29. The van der Waals surface area contributed by atoms with Crippen molar-refractivity contribution in [2.45, 2.75) is 31.8 Å². The highest BCUT2D eigenvalue weighted by Crippen LogP contribution is 2.13. The largest absolute Gasteiger partial charge is 0.377 e. The van der Waals surface area contributed by atoms with E-state index < -0.39 is 10.0 Å². The fraction of sp³-hybridized carbons (Fsp3) is 1.00. The van der Waals surface area contributed by atoms with Gasteiger partial charge in [-0.2, -0.15) is 0 Å². The van der Waals surface area contributed by atoms with Gasteiger partial charge in [0.1, 0.15) is 0 Å². The SMILES string of the molecule is O=S(=O)(CC1CCCO1)NCCCCI. The molecule has 1 N–H and O–H groups in total. The number of sulfonamides is 1. The van der Waals surface area contributed by atoms with Crippen LogP contribution in [-0.4, -0.2) is 37.9 Å². The maximum Gasteiger partial charge on any atom is 0.214 e. The first-order valence-corrected chi connectivity index (χ1v) is 8.47. The number of nitrogens with one attached hydrogen (secondary N) is 1. The molecule has 1 fully saturated rings. The van der Waals surface area contributed by atoms with E-state index >= 15 is 0 Å². The molecule has 1 unspecified atom stereocenters. The predicted octanol–water partition coefficient (Wildman–Crippen LogP) is 1.30. The van der Waals surface area contributed by atoms with Crippen molar-refractivity contribution in [2.75, 3.05) is 23.3 Å². The summed E-state index contributed by atoms with van der Waals surface area (Å²) >= 11 is 2.29. The van der Waals surface area contributed by atoms with E-state index in [2.05, 4.69) is 27.3 Å². The summed E-state index contributed by atoms with van der Waals surface area (Å²) in [5.41, 5.74) is 0. The van der Waals surface area contributed by atoms with Crippen molar-refractivity contribution in [1.82, 2.24) is 4.72 Å². The highest BCUT2D eigenvalue weighted by molar-refractivity contribution is 14.1. The number of hydrogen-bond donors (Lipinski definition) is 1. The van der Waals surface area contributed by atoms with Crippen LogP contribution in [0.2, 0.25) is 0 Å². The molecule has 0 aromatic heterocycles. The molecule has 0 aliphatic carbocycles. The van der Waals surface area contributed by atoms with Crippen LogP contribution >= 0.6 is 22.6 Å². The molecular weight excluding hydrogens is 329 g/mol. The zero-order chi connectivity index (χ0) is 11.1. The van der Waals surface area contributed by atoms with Gasteiger partial charge >= 0.3 is 0 Å². The molecule has 1 atom stereocenters. The Morgan fingerprint density at radius 2 is 2.20 bits per heavy atom. The maximum atomic E-state index is 11.6. The molecule has 4 nitrogen and oxygen atoms in total. The van der Waals surface area contributed by atoms with Gasteiger partial charge in [-0.3, -0.25) is 0 Å². The second-order valence-corrected chi connectivity index (χ2v) is 6.64. The van der Waals surface area contributed by atoms with Crippen LogP contribution in [0.4, 0.5) is 0 Å². The standard InChI is InChI=1S/C9H18INO3S/c10-5-1-2-6-11-15(12,13)8-9-4-3-7-14-9/h9,11H,1-8H2. The zero-order valence-corrected chi connectivity index (χ0v) is 11.7. The van der Waals surface area contributed by atoms with Crippen LogP contribution in [0.15, 0.2) is 0 Å². The number of alkyl halides is 1. The van der Waals surface area contributed by atoms with E-state index in [0.717, 1.165) is 30.1 Å². The van der Waals surface area contributed by atoms with E-state index in [9.17, 15) is 8.42 Å². The van der Waals surface area contributed by atoms with E-state index in [0.29, 0.717) is 13.2 Å². The van der Waals surface area contributed by atoms with Crippen molar-refractivity contribution in [3.8, 4) is 0 Å². The van der Waals surface area contributed by atoms with Gasteiger partial charge in [-0.05, 0) is 30.1 Å². The van der Waals surface area contributed by atoms with Gasteiger partial charge in [0.25, 0.3) is 0 Å². The Labute approximate surface area is 105 Å². The lowest BCUT2D eigenvalue weighted by Gasteiger charge is -2.10. The van der Waals surface area contributed by atoms with Crippen molar-refractivity contribution in [2.24, 2.45) is 0 Å². The topological polar surface area (TPSA) is 55.4 Å². The van der Waals surface area contributed by atoms with E-state index in [4.69, 9.17) is 4.74 Å². The Morgan fingerprint density at radius 3 is 2.80 bits per heavy atom. The minimum Gasteiger partial charge on any atom is -0.377 e. The van der Waals surface area contributed by atoms with Gasteiger partial charge in [0.2, 0.25) is 10.0 Å². The number of ether oxygens (including phenoxy) is 1. The van der Waals surface area contributed by atoms with E-state index in [-0.39, 0.29) is 11.9 Å². The smallest absolute Gasteiger partial charge is 0.214 e. The molecule has 1 aliphatic rings. The summed E-state index contributed by atoms with van der Waals surface area (Å²) in [6, 6.07) is 0. The molecule has 0 aromatic carbocycles. The monoisotopic (exact) mass is 347 g/mol. The fourth-order valence-corrected chi connectivity index (χ4v) is 3.39. The van der Waals surface area contributed by atoms with Crippen molar-refractivity contribution < 1.29 is 13.2 Å². The molecule has 90 valence electrons. The second kappa shape index (κ2) is 7.03. The Kier molecular flexibility index (Phi) is 6.40. The fourth-order valence-electron chi connectivity index (χ4n) is 1.53. The summed E-state index contributed by atoms with van der Waals surface area (Å²) in [7, 11) is -3.12. The van der Waals surface area contributed by atoms with Crippen molar-refractivity contribution >= 4 is 32.6 Å². The first kappa shape index (κ1) is 13.7. The Balaban J connectivity index is 2.19. The highest BCUT2D eigenvalue weighted by Gasteiger charge is 2.22. The van der Waals surface area contributed by atoms with Crippen LogP contribution in [0.1, 0.15) is 25.7 Å². The molecule has 1 heterocycles. The third-order valence-corrected chi connectivity index (χ3v) is 4.53. The first-order chi connectivity index (χ1) is 7.14. The predicted molar refractivity (Wildman–Crippen MR) is 68.9 cm³/mol. The van der Waals surface area contributed by atoms with Gasteiger partial charge in [-0.15, -0.1) is 0 Å². The van der Waals surface area contributed by atoms with Crippen LogP contribution in [0.25, 0.3) is 0 Å². The van der Waals surface area contributed by atoms with Crippen LogP contribution in [0, 0.1) is 0 Å². The summed E-state index contributed by atoms with van der Waals surface area (Å²) in [5.74, 6) is 0.122. The molecule has 0 saturated carbocycles. The number of halogens is 1. The molecule has 0 amide bonds. The van der Waals surface area contributed by atoms with E-state index in [1.165, 1.54) is 0 Å². The van der Waals surface area contributed by atoms with Crippen LogP contribution in [0.3, 0.4) is 0 Å². The van der Waals surface area contributed by atoms with Gasteiger partial charge in [0, 0.05) is 13.2 Å². The van der Waals surface area contributed by atoms with Gasteiger partial charge < -0.3 is 4.74 Å². The van der Waals surface area contributed by atoms with E-state index in [1.807, 2.05) is 0 Å². The van der Waals surface area contributed by atoms with Crippen LogP contribution in [0.5, 0.6) is 0 Å². The Hall–Kier alpha value is 0.600. The summed E-state index contributed by atoms with van der Waals surface area (Å²) in [5, 5.41) is 0. The molecular formula is C9H18INO3S. The average Bonchev–Trinajstić information content (AvgIpc) is 2.64. The van der Waals surface area contributed by atoms with Crippen molar-refractivity contribution in [3.63, 3.8) is 0 Å². The lowest BCUT2D eigenvalue weighted by molar-refractivity contribution is 0.127. The second-order valence-electron chi connectivity index (χ2n) is 3.71. The van der Waals surface area contributed by atoms with Gasteiger partial charge in [0.15, 0.2) is 0 Å². The average molecular weight is 347 g/mol. The van der Waals surface area contributed by atoms with Crippen LogP contribution in [-0.2, 0) is 14.8 Å². The van der Waals surface area contributed by atoms with Gasteiger partial charge in [0.05, 0.1) is 11.9 Å². The summed E-state index contributed by atoms with van der Waals surface area (Å²) in [4.78, 5) is 0. The lowest BCUT2D eigenvalue weighted by atomic mass is 10.3. The Bertz CT molecular complexity index is 263. The summed E-state index contributed by atoms with van der Waals surface area (Å²) in [6.07, 6.45) is 3.73. The lowest BCUT2D eigenvalue weighted by Crippen LogP contribution is -2.32. The zero-order valence-electron chi connectivity index (χ0n) is 8.75. The molecule has 0 aromatic rings. The molecule has 1 saturated heterocycles. The normalized spacial score (nSPS) is 22.1. The number of hydrogen-bond acceptors (Lipinski definition) is 3. The van der Waals surface area contributed by atoms with E-state index in [1.54, 1.807) is 0 Å². The summed E-state index contributed by atoms with van der Waals surface area (Å²) < 4.78 is 32.1. The van der Waals surface area contributed by atoms with Crippen molar-refractivity contribution in [3.05, 3.63) is 0 Å². The third-order valence-electron chi connectivity index (χ3n) is 2.31. The van der Waals surface area contributed by atoms with Gasteiger partial charge in [-0.1, -0.05) is 22.6 Å². The minimum absolute atomic E-state index is 0.0907. The molecule has 6 heteroatoms. The maximum absolute atomic E-state index is 11.6. The van der Waals surface area contributed by atoms with Crippen LogP contribution < -0.4 is 4.72 Å². The molecule has 0 radical (unpaired) electrons. The molecule has 0 bridgehead atoms. The minimum atomic E-state index is -3.12. The number of rotatable bonds is 7. The molecule has 1 rings (SSSR count). The highest BCUT2D eigenvalue weighted by atomic mass is 127. The molecule has 0 spiro atoms. The van der Waals surface area contributed by atoms with Gasteiger partial charge in [-0.25, -0.2) is 13.1 Å². The summed E-state index contributed by atoms with van der Waals surface area (Å²) in [6.45, 7) is 1.26.